The first-order valence-corrected chi connectivity index (χ1v) is 5.79. The molecule has 0 aliphatic heterocycles. The summed E-state index contributed by atoms with van der Waals surface area (Å²) in [5, 5.41) is 6.80. The van der Waals surface area contributed by atoms with Gasteiger partial charge < -0.3 is 21.3 Å². The summed E-state index contributed by atoms with van der Waals surface area (Å²) in [5.41, 5.74) is 12.4. The van der Waals surface area contributed by atoms with Crippen LogP contribution in [0.25, 0.3) is 0 Å². The Bertz CT molecular complexity index is 594. The standard InChI is InChI=1S/C12H15N5O2/c1-7-16-10(19-17-7)5-6-15-9-4-2-3-8(11(9)13)12(14)18/h2-4,15H,5-6,13H2,1H3,(H2,14,18). The van der Waals surface area contributed by atoms with Crippen molar-refractivity contribution in [2.24, 2.45) is 5.73 Å². The molecule has 7 nitrogen and oxygen atoms in total. The summed E-state index contributed by atoms with van der Waals surface area (Å²) in [7, 11) is 0. The molecule has 5 N–H and O–H groups in total. The summed E-state index contributed by atoms with van der Waals surface area (Å²) in [6.07, 6.45) is 0.571. The molecule has 1 heterocycles. The van der Waals surface area contributed by atoms with E-state index in [9.17, 15) is 4.79 Å². The van der Waals surface area contributed by atoms with Crippen molar-refractivity contribution in [3.05, 3.63) is 35.5 Å². The Morgan fingerprint density at radius 1 is 1.47 bits per heavy atom. The number of anilines is 2. The molecule has 0 atom stereocenters. The average Bonchev–Trinajstić information content (AvgIpc) is 2.77. The monoisotopic (exact) mass is 261 g/mol. The van der Waals surface area contributed by atoms with Crippen LogP contribution in [0.2, 0.25) is 0 Å². The second kappa shape index (κ2) is 5.38. The Labute approximate surface area is 110 Å². The number of amides is 1. The highest BCUT2D eigenvalue weighted by Crippen LogP contribution is 2.22. The molecule has 0 radical (unpaired) electrons. The molecule has 0 saturated heterocycles. The number of carbonyl (C=O) groups is 1. The van der Waals surface area contributed by atoms with Gasteiger partial charge in [0.1, 0.15) is 0 Å². The molecule has 1 amide bonds. The van der Waals surface area contributed by atoms with Crippen molar-refractivity contribution in [1.82, 2.24) is 10.1 Å². The van der Waals surface area contributed by atoms with Crippen LogP contribution in [0, 0.1) is 6.92 Å². The Kier molecular flexibility index (Phi) is 3.65. The Morgan fingerprint density at radius 3 is 2.89 bits per heavy atom. The van der Waals surface area contributed by atoms with Crippen molar-refractivity contribution in [2.75, 3.05) is 17.6 Å². The van der Waals surface area contributed by atoms with Crippen molar-refractivity contribution >= 4 is 17.3 Å². The molecule has 0 aliphatic carbocycles. The van der Waals surface area contributed by atoms with Gasteiger partial charge in [0.2, 0.25) is 5.89 Å². The summed E-state index contributed by atoms with van der Waals surface area (Å²) in [4.78, 5) is 15.2. The topological polar surface area (TPSA) is 120 Å². The maximum Gasteiger partial charge on any atom is 0.250 e. The van der Waals surface area contributed by atoms with Gasteiger partial charge in [-0.2, -0.15) is 4.98 Å². The third-order valence-electron chi connectivity index (χ3n) is 2.60. The lowest BCUT2D eigenvalue weighted by molar-refractivity contribution is 0.100. The number of carbonyl (C=O) groups excluding carboxylic acids is 1. The summed E-state index contributed by atoms with van der Waals surface area (Å²) < 4.78 is 4.99. The molecule has 0 unspecified atom stereocenters. The number of nitrogens with one attached hydrogen (secondary N) is 1. The Hall–Kier alpha value is -2.57. The van der Waals surface area contributed by atoms with Gasteiger partial charge in [0.25, 0.3) is 5.91 Å². The van der Waals surface area contributed by atoms with E-state index in [0.29, 0.717) is 41.6 Å². The molecule has 19 heavy (non-hydrogen) atoms. The molecule has 1 aromatic heterocycles. The number of nitrogen functional groups attached to an aromatic ring is 1. The van der Waals surface area contributed by atoms with Gasteiger partial charge in [-0.3, -0.25) is 4.79 Å². The zero-order valence-corrected chi connectivity index (χ0v) is 10.5. The van der Waals surface area contributed by atoms with E-state index < -0.39 is 5.91 Å². The molecule has 7 heteroatoms. The summed E-state index contributed by atoms with van der Waals surface area (Å²) in [6.45, 7) is 2.32. The minimum absolute atomic E-state index is 0.304. The van der Waals surface area contributed by atoms with Crippen LogP contribution < -0.4 is 16.8 Å². The number of nitrogens with zero attached hydrogens (tertiary/aromatic N) is 2. The van der Waals surface area contributed by atoms with Gasteiger partial charge in [0.05, 0.1) is 16.9 Å². The van der Waals surface area contributed by atoms with E-state index in [-0.39, 0.29) is 0 Å². The van der Waals surface area contributed by atoms with Gasteiger partial charge in [0.15, 0.2) is 5.82 Å². The van der Waals surface area contributed by atoms with E-state index in [0.717, 1.165) is 0 Å². The quantitative estimate of drug-likeness (QED) is 0.682. The van der Waals surface area contributed by atoms with Crippen molar-refractivity contribution in [3.8, 4) is 0 Å². The third kappa shape index (κ3) is 3.01. The fourth-order valence-corrected chi connectivity index (χ4v) is 1.68. The van der Waals surface area contributed by atoms with Gasteiger partial charge in [0, 0.05) is 13.0 Å². The number of hydrogen-bond donors (Lipinski definition) is 3. The van der Waals surface area contributed by atoms with Crippen LogP contribution >= 0.6 is 0 Å². The molecule has 1 aromatic carbocycles. The Morgan fingerprint density at radius 2 is 2.26 bits per heavy atom. The minimum Gasteiger partial charge on any atom is -0.396 e. The molecule has 2 aromatic rings. The lowest BCUT2D eigenvalue weighted by Gasteiger charge is -2.10. The van der Waals surface area contributed by atoms with Crippen molar-refractivity contribution in [3.63, 3.8) is 0 Å². The molecule has 0 fully saturated rings. The molecule has 0 saturated carbocycles. The molecular formula is C12H15N5O2. The number of hydrogen-bond acceptors (Lipinski definition) is 6. The molecule has 100 valence electrons. The third-order valence-corrected chi connectivity index (χ3v) is 2.60. The van der Waals surface area contributed by atoms with E-state index in [1.165, 1.54) is 0 Å². The minimum atomic E-state index is -0.548. The number of rotatable bonds is 5. The zero-order chi connectivity index (χ0) is 13.8. The molecule has 2 rings (SSSR count). The number of aryl methyl sites for hydroxylation is 1. The van der Waals surface area contributed by atoms with Crippen LogP contribution in [0.4, 0.5) is 11.4 Å². The van der Waals surface area contributed by atoms with E-state index in [2.05, 4.69) is 15.5 Å². The first-order chi connectivity index (χ1) is 9.08. The summed E-state index contributed by atoms with van der Waals surface area (Å²) in [6, 6.07) is 5.08. The van der Waals surface area contributed by atoms with E-state index in [1.54, 1.807) is 25.1 Å². The highest BCUT2D eigenvalue weighted by Gasteiger charge is 2.09. The molecule has 0 spiro atoms. The normalized spacial score (nSPS) is 10.4. The largest absolute Gasteiger partial charge is 0.396 e. The van der Waals surface area contributed by atoms with Gasteiger partial charge in [-0.25, -0.2) is 0 Å². The predicted octanol–water partition coefficient (Wildman–Crippen LogP) is 0.714. The predicted molar refractivity (Wildman–Crippen MR) is 70.6 cm³/mol. The fourth-order valence-electron chi connectivity index (χ4n) is 1.68. The highest BCUT2D eigenvalue weighted by atomic mass is 16.5. The Balaban J connectivity index is 2.00. The second-order valence-corrected chi connectivity index (χ2v) is 4.04. The van der Waals surface area contributed by atoms with Crippen LogP contribution in [0.3, 0.4) is 0 Å². The van der Waals surface area contributed by atoms with Crippen LogP contribution in [-0.4, -0.2) is 22.6 Å². The zero-order valence-electron chi connectivity index (χ0n) is 10.5. The van der Waals surface area contributed by atoms with Crippen molar-refractivity contribution in [2.45, 2.75) is 13.3 Å². The number of benzene rings is 1. The maximum atomic E-state index is 11.2. The van der Waals surface area contributed by atoms with E-state index in [1.807, 2.05) is 0 Å². The first kappa shape index (κ1) is 12.9. The van der Waals surface area contributed by atoms with E-state index >= 15 is 0 Å². The maximum absolute atomic E-state index is 11.2. The van der Waals surface area contributed by atoms with Crippen LogP contribution in [-0.2, 0) is 6.42 Å². The van der Waals surface area contributed by atoms with Crippen LogP contribution in [0.1, 0.15) is 22.1 Å². The van der Waals surface area contributed by atoms with Crippen molar-refractivity contribution in [1.29, 1.82) is 0 Å². The molecule has 0 aliphatic rings. The smallest absolute Gasteiger partial charge is 0.250 e. The summed E-state index contributed by atoms with van der Waals surface area (Å²) in [5.74, 6) is 0.605. The van der Waals surface area contributed by atoms with Crippen LogP contribution in [0.5, 0.6) is 0 Å². The van der Waals surface area contributed by atoms with Gasteiger partial charge >= 0.3 is 0 Å². The number of nitrogens with two attached hydrogens (primary N) is 2. The first-order valence-electron chi connectivity index (χ1n) is 5.79. The van der Waals surface area contributed by atoms with Crippen molar-refractivity contribution < 1.29 is 9.32 Å². The number of para-hydroxylation sites is 1. The van der Waals surface area contributed by atoms with Gasteiger partial charge in [-0.1, -0.05) is 11.2 Å². The lowest BCUT2D eigenvalue weighted by Crippen LogP contribution is -2.15. The second-order valence-electron chi connectivity index (χ2n) is 4.04. The molecule has 0 bridgehead atoms. The number of primary amides is 1. The van der Waals surface area contributed by atoms with E-state index in [4.69, 9.17) is 16.0 Å². The average molecular weight is 261 g/mol. The lowest BCUT2D eigenvalue weighted by atomic mass is 10.1. The fraction of sp³-hybridized carbons (Fsp3) is 0.250. The van der Waals surface area contributed by atoms with Gasteiger partial charge in [-0.05, 0) is 19.1 Å². The summed E-state index contributed by atoms with van der Waals surface area (Å²) >= 11 is 0. The van der Waals surface area contributed by atoms with Crippen LogP contribution in [0.15, 0.2) is 22.7 Å². The molecular weight excluding hydrogens is 246 g/mol. The van der Waals surface area contributed by atoms with Gasteiger partial charge in [-0.15, -0.1) is 0 Å². The SMILES string of the molecule is Cc1noc(CCNc2cccc(C(N)=O)c2N)n1. The highest BCUT2D eigenvalue weighted by molar-refractivity contribution is 6.00. The number of aromatic nitrogens is 2.